The van der Waals surface area contributed by atoms with Gasteiger partial charge in [-0.2, -0.15) is 0 Å². The second-order valence-electron chi connectivity index (χ2n) is 8.82. The highest BCUT2D eigenvalue weighted by Gasteiger charge is 2.30. The average molecular weight is 482 g/mol. The zero-order valence-corrected chi connectivity index (χ0v) is 19.8. The minimum absolute atomic E-state index is 0.151. The van der Waals surface area contributed by atoms with E-state index in [2.05, 4.69) is 24.0 Å². The van der Waals surface area contributed by atoms with Gasteiger partial charge in [0.1, 0.15) is 5.75 Å². The summed E-state index contributed by atoms with van der Waals surface area (Å²) < 4.78 is 56.6. The summed E-state index contributed by atoms with van der Waals surface area (Å²) in [5.41, 5.74) is 9.06. The first-order chi connectivity index (χ1) is 15.7. The summed E-state index contributed by atoms with van der Waals surface area (Å²) in [5, 5.41) is 0. The number of nitrogens with two attached hydrogens (primary N) is 1. The predicted molar refractivity (Wildman–Crippen MR) is 125 cm³/mol. The Hall–Kier alpha value is -2.23. The quantitative estimate of drug-likeness (QED) is 0.503. The van der Waals surface area contributed by atoms with Crippen molar-refractivity contribution in [3.8, 4) is 5.75 Å². The van der Waals surface area contributed by atoms with Crippen molar-refractivity contribution in [2.75, 3.05) is 37.4 Å². The summed E-state index contributed by atoms with van der Waals surface area (Å²) in [6.07, 6.45) is -0.656. The fourth-order valence-corrected chi connectivity index (χ4v) is 4.64. The summed E-state index contributed by atoms with van der Waals surface area (Å²) in [5.74, 6) is 0.353. The molecule has 1 saturated heterocycles. The molecule has 2 atom stereocenters. The number of halogens is 2. The van der Waals surface area contributed by atoms with Crippen LogP contribution in [0.1, 0.15) is 31.7 Å². The zero-order valence-electron chi connectivity index (χ0n) is 19.0. The first-order valence-electron chi connectivity index (χ1n) is 11.0. The largest absolute Gasteiger partial charge is 0.768 e. The van der Waals surface area contributed by atoms with Crippen LogP contribution in [0.15, 0.2) is 47.4 Å². The number of piperidine rings is 1. The van der Waals surface area contributed by atoms with Crippen molar-refractivity contribution in [1.82, 2.24) is 0 Å². The molecule has 4 rings (SSSR count). The van der Waals surface area contributed by atoms with Crippen LogP contribution in [0.5, 0.6) is 5.75 Å². The van der Waals surface area contributed by atoms with E-state index < -0.39 is 23.6 Å². The van der Waals surface area contributed by atoms with Crippen molar-refractivity contribution in [2.45, 2.75) is 50.0 Å². The Balaban J connectivity index is 0.000000186. The summed E-state index contributed by atoms with van der Waals surface area (Å²) in [7, 11) is 1.78. The van der Waals surface area contributed by atoms with E-state index >= 15 is 0 Å². The standard InChI is InChI=1S/C14H22N2O.C10H10F2O3S/c1-14(11-17-2)7-9-16(10-8-14)13-6-4-3-5-12(13)15;11-10(12)9-3-1-6-5-7(16(13)14)2-4-8(6)15-9/h3-6H,7-11,15H2,1-2H3;2,4-5,9-10H,1,3H2,(H,13,14)/p-1. The number of hydrogen-bond acceptors (Lipinski definition) is 6. The Kier molecular flexibility index (Phi) is 8.67. The summed E-state index contributed by atoms with van der Waals surface area (Å²) in [6, 6.07) is 12.3. The maximum absolute atomic E-state index is 12.4. The molecule has 2 aromatic rings. The van der Waals surface area contributed by atoms with Crippen LogP contribution >= 0.6 is 0 Å². The lowest BCUT2D eigenvalue weighted by Gasteiger charge is -2.40. The van der Waals surface area contributed by atoms with Crippen molar-refractivity contribution in [3.05, 3.63) is 48.0 Å². The number of hydrogen-bond donors (Lipinski definition) is 1. The smallest absolute Gasteiger partial charge is 0.274 e. The first kappa shape index (κ1) is 25.4. The van der Waals surface area contributed by atoms with E-state index in [-0.39, 0.29) is 11.3 Å². The number of nitrogens with zero attached hydrogens (tertiary/aromatic N) is 1. The number of alkyl halides is 2. The molecule has 6 nitrogen and oxygen atoms in total. The van der Waals surface area contributed by atoms with Crippen molar-refractivity contribution in [2.24, 2.45) is 5.41 Å². The molecule has 0 saturated carbocycles. The molecule has 2 aliphatic heterocycles. The molecule has 0 spiro atoms. The van der Waals surface area contributed by atoms with Gasteiger partial charge in [-0.05, 0) is 78.1 Å². The van der Waals surface area contributed by atoms with E-state index in [1.165, 1.54) is 23.9 Å². The number of ether oxygens (including phenoxy) is 2. The average Bonchev–Trinajstić information content (AvgIpc) is 2.80. The Labute approximate surface area is 196 Å². The van der Waals surface area contributed by atoms with E-state index in [1.807, 2.05) is 12.1 Å². The van der Waals surface area contributed by atoms with Gasteiger partial charge in [-0.15, -0.1) is 0 Å². The number of benzene rings is 2. The highest BCUT2D eigenvalue weighted by Crippen LogP contribution is 2.35. The third kappa shape index (κ3) is 6.65. The molecule has 9 heteroatoms. The lowest BCUT2D eigenvalue weighted by Crippen LogP contribution is -2.41. The van der Waals surface area contributed by atoms with Crippen molar-refractivity contribution in [1.29, 1.82) is 0 Å². The van der Waals surface area contributed by atoms with Gasteiger partial charge in [-0.1, -0.05) is 19.1 Å². The van der Waals surface area contributed by atoms with Gasteiger partial charge in [-0.3, -0.25) is 4.21 Å². The van der Waals surface area contributed by atoms with Crippen LogP contribution in [0.2, 0.25) is 0 Å². The molecule has 182 valence electrons. The highest BCUT2D eigenvalue weighted by molar-refractivity contribution is 7.79. The van der Waals surface area contributed by atoms with Gasteiger partial charge in [0.15, 0.2) is 6.10 Å². The summed E-state index contributed by atoms with van der Waals surface area (Å²) >= 11 is -2.30. The number of rotatable bonds is 5. The van der Waals surface area contributed by atoms with Gasteiger partial charge in [0.25, 0.3) is 6.43 Å². The predicted octanol–water partition coefficient (Wildman–Crippen LogP) is 4.41. The molecule has 0 bridgehead atoms. The molecule has 2 unspecified atom stereocenters. The maximum atomic E-state index is 12.4. The molecule has 1 fully saturated rings. The third-order valence-electron chi connectivity index (χ3n) is 6.22. The molecular weight excluding hydrogens is 450 g/mol. The Morgan fingerprint density at radius 3 is 2.58 bits per heavy atom. The minimum Gasteiger partial charge on any atom is -0.768 e. The summed E-state index contributed by atoms with van der Waals surface area (Å²) in [6.45, 7) is 5.29. The van der Waals surface area contributed by atoms with Crippen LogP contribution in [0.3, 0.4) is 0 Å². The fraction of sp³-hybridized carbons (Fsp3) is 0.500. The van der Waals surface area contributed by atoms with E-state index in [0.29, 0.717) is 23.1 Å². The Morgan fingerprint density at radius 2 is 1.97 bits per heavy atom. The molecular formula is C24H31F2N2O4S-. The minimum atomic E-state index is -2.51. The number of para-hydroxylation sites is 2. The number of anilines is 2. The van der Waals surface area contributed by atoms with Crippen LogP contribution in [-0.4, -0.2) is 48.1 Å². The Bertz CT molecular complexity index is 952. The van der Waals surface area contributed by atoms with Gasteiger partial charge < -0.3 is 24.7 Å². The molecule has 2 aromatic carbocycles. The van der Waals surface area contributed by atoms with Gasteiger partial charge in [0.05, 0.1) is 18.0 Å². The van der Waals surface area contributed by atoms with Gasteiger partial charge in [-0.25, -0.2) is 8.78 Å². The Morgan fingerprint density at radius 1 is 1.27 bits per heavy atom. The van der Waals surface area contributed by atoms with Gasteiger partial charge in [0.2, 0.25) is 0 Å². The topological polar surface area (TPSA) is 87.9 Å². The number of methoxy groups -OCH3 is 1. The maximum Gasteiger partial charge on any atom is 0.274 e. The summed E-state index contributed by atoms with van der Waals surface area (Å²) in [4.78, 5) is 2.53. The number of fused-ring (bicyclic) bond motifs is 1. The fourth-order valence-electron chi connectivity index (χ4n) is 4.22. The third-order valence-corrected chi connectivity index (χ3v) is 6.86. The van der Waals surface area contributed by atoms with Gasteiger partial charge in [0, 0.05) is 25.1 Å². The van der Waals surface area contributed by atoms with Crippen LogP contribution in [-0.2, 0) is 22.2 Å². The second kappa shape index (κ2) is 11.3. The molecule has 0 aliphatic carbocycles. The monoisotopic (exact) mass is 481 g/mol. The van der Waals surface area contributed by atoms with Crippen LogP contribution in [0.25, 0.3) is 0 Å². The van der Waals surface area contributed by atoms with E-state index in [9.17, 15) is 17.5 Å². The van der Waals surface area contributed by atoms with Crippen LogP contribution in [0, 0.1) is 5.41 Å². The molecule has 2 N–H and O–H groups in total. The lowest BCUT2D eigenvalue weighted by atomic mass is 9.81. The first-order valence-corrected chi connectivity index (χ1v) is 12.1. The second-order valence-corrected chi connectivity index (χ2v) is 9.76. The van der Waals surface area contributed by atoms with Crippen LogP contribution < -0.4 is 15.4 Å². The van der Waals surface area contributed by atoms with Crippen molar-refractivity contribution < 1.29 is 27.0 Å². The SMILES string of the molecule is COCC1(C)CCN(c2ccccc2N)CC1.O=S([O-])c1ccc2c(c1)CCC(C(F)F)O2. The van der Waals surface area contributed by atoms with Gasteiger partial charge >= 0.3 is 0 Å². The van der Waals surface area contributed by atoms with E-state index in [1.54, 1.807) is 7.11 Å². The molecule has 33 heavy (non-hydrogen) atoms. The lowest BCUT2D eigenvalue weighted by molar-refractivity contribution is 0.000535. The molecule has 2 aliphatic rings. The van der Waals surface area contributed by atoms with E-state index in [0.717, 1.165) is 38.2 Å². The normalized spacial score (nSPS) is 20.3. The number of aryl methyl sites for hydroxylation is 1. The van der Waals surface area contributed by atoms with Crippen molar-refractivity contribution >= 4 is 22.5 Å². The van der Waals surface area contributed by atoms with Crippen molar-refractivity contribution in [3.63, 3.8) is 0 Å². The van der Waals surface area contributed by atoms with Crippen LogP contribution in [0.4, 0.5) is 20.2 Å². The zero-order chi connectivity index (χ0) is 24.0. The van der Waals surface area contributed by atoms with E-state index in [4.69, 9.17) is 15.2 Å². The molecule has 0 amide bonds. The number of nitrogen functional groups attached to an aromatic ring is 1. The molecule has 0 radical (unpaired) electrons. The molecule has 0 aromatic heterocycles. The highest BCUT2D eigenvalue weighted by atomic mass is 32.2. The molecule has 2 heterocycles.